The second-order valence-electron chi connectivity index (χ2n) is 11.8. The Balaban J connectivity index is 1.17. The highest BCUT2D eigenvalue weighted by Gasteiger charge is 2.49. The maximum absolute atomic E-state index is 13.6. The van der Waals surface area contributed by atoms with Crippen LogP contribution in [0.3, 0.4) is 0 Å². The van der Waals surface area contributed by atoms with Crippen molar-refractivity contribution in [3.8, 4) is 17.3 Å². The Bertz CT molecular complexity index is 1710. The molecule has 1 amide bonds. The highest BCUT2D eigenvalue weighted by atomic mass is 16.6. The van der Waals surface area contributed by atoms with Crippen molar-refractivity contribution in [3.63, 3.8) is 0 Å². The fourth-order valence-corrected chi connectivity index (χ4v) is 6.40. The van der Waals surface area contributed by atoms with Crippen LogP contribution in [0.5, 0.6) is 5.88 Å². The number of esters is 1. The normalized spacial score (nSPS) is 19.7. The summed E-state index contributed by atoms with van der Waals surface area (Å²) in [6, 6.07) is 12.8. The molecule has 4 aromatic rings. The van der Waals surface area contributed by atoms with Crippen LogP contribution in [0.2, 0.25) is 0 Å². The number of benzene rings is 1. The number of hydrogen-bond donors (Lipinski definition) is 1. The van der Waals surface area contributed by atoms with Crippen LogP contribution in [0.25, 0.3) is 22.4 Å². The first-order valence-electron chi connectivity index (χ1n) is 15.7. The van der Waals surface area contributed by atoms with E-state index in [0.717, 1.165) is 35.7 Å². The van der Waals surface area contributed by atoms with Crippen LogP contribution in [-0.4, -0.2) is 44.9 Å². The maximum Gasteiger partial charge on any atom is 0.358 e. The van der Waals surface area contributed by atoms with E-state index >= 15 is 0 Å². The number of rotatable bonds is 12. The molecule has 11 heteroatoms. The number of aromatic nitrogens is 4. The fourth-order valence-electron chi connectivity index (χ4n) is 6.40. The number of nitrogens with one attached hydrogen (secondary N) is 1. The van der Waals surface area contributed by atoms with Gasteiger partial charge in [0, 0.05) is 35.9 Å². The van der Waals surface area contributed by atoms with E-state index in [1.54, 1.807) is 13.3 Å². The van der Waals surface area contributed by atoms with Crippen molar-refractivity contribution in [1.82, 2.24) is 25.5 Å². The predicted molar refractivity (Wildman–Crippen MR) is 164 cm³/mol. The molecule has 45 heavy (non-hydrogen) atoms. The largest absolute Gasteiger partial charge is 0.480 e. The third kappa shape index (κ3) is 6.29. The third-order valence-electron chi connectivity index (χ3n) is 8.95. The van der Waals surface area contributed by atoms with Crippen LogP contribution >= 0.6 is 0 Å². The summed E-state index contributed by atoms with van der Waals surface area (Å²) in [5, 5.41) is 12.7. The molecule has 1 fully saturated rings. The van der Waals surface area contributed by atoms with Gasteiger partial charge in [-0.15, -0.1) is 10.2 Å². The molecular weight excluding hydrogens is 574 g/mol. The summed E-state index contributed by atoms with van der Waals surface area (Å²) in [7, 11) is 1.54. The Morgan fingerprint density at radius 3 is 2.71 bits per heavy atom. The summed E-state index contributed by atoms with van der Waals surface area (Å²) in [4.78, 5) is 46.7. The number of nitrogens with zero attached hydrogens (tertiary/aromatic N) is 4. The topological polar surface area (TPSA) is 146 Å². The number of carbonyl (C=O) groups is 3. The number of amides is 1. The Morgan fingerprint density at radius 1 is 1.09 bits per heavy atom. The Morgan fingerprint density at radius 2 is 1.91 bits per heavy atom. The summed E-state index contributed by atoms with van der Waals surface area (Å²) in [5.74, 6) is 0.410. The molecule has 0 bridgehead atoms. The van der Waals surface area contributed by atoms with Crippen molar-refractivity contribution in [2.45, 2.75) is 82.8 Å². The predicted octanol–water partition coefficient (Wildman–Crippen LogP) is 6.03. The van der Waals surface area contributed by atoms with E-state index in [1.165, 1.54) is 0 Å². The van der Waals surface area contributed by atoms with Crippen LogP contribution in [0.4, 0.5) is 0 Å². The average Bonchev–Trinajstić information content (AvgIpc) is 3.66. The molecule has 0 saturated heterocycles. The van der Waals surface area contributed by atoms with E-state index in [4.69, 9.17) is 13.9 Å². The molecule has 6 rings (SSSR count). The monoisotopic (exact) mass is 611 g/mol. The van der Waals surface area contributed by atoms with E-state index in [1.807, 2.05) is 49.4 Å². The van der Waals surface area contributed by atoms with Gasteiger partial charge in [-0.2, -0.15) is 0 Å². The molecule has 1 aliphatic carbocycles. The molecule has 1 spiro atoms. The average molecular weight is 612 g/mol. The lowest BCUT2D eigenvalue weighted by Crippen LogP contribution is -2.40. The van der Waals surface area contributed by atoms with Crippen molar-refractivity contribution in [1.29, 1.82) is 0 Å². The zero-order valence-corrected chi connectivity index (χ0v) is 25.6. The number of unbranched alkanes of at least 4 members (excludes halogenated alkanes) is 2. The molecule has 0 unspecified atom stereocenters. The number of ketones is 1. The number of pyridine rings is 2. The summed E-state index contributed by atoms with van der Waals surface area (Å²) < 4.78 is 17.5. The minimum atomic E-state index is -0.721. The standard InChI is InChI=1S/C34H37N5O6/c1-3-23(40)11-5-4-6-14-27(32-39-38-31(44-32)24-20-22-10-7-8-13-26(22)37-30(24)43-2)36-29(41)21-15-17-34(18-16-21)25-12-9-19-35-28(25)33(42)45-34/h7-10,12-13,19-21,27H,3-6,11,14-18H2,1-2H3,(H,36,41)/t21?,27-,34?/m0/s1. The van der Waals surface area contributed by atoms with Gasteiger partial charge in [0.1, 0.15) is 23.0 Å². The van der Waals surface area contributed by atoms with Gasteiger partial charge in [-0.1, -0.05) is 44.0 Å². The lowest BCUT2D eigenvalue weighted by Gasteiger charge is -2.36. The minimum absolute atomic E-state index is 0.101. The lowest BCUT2D eigenvalue weighted by molar-refractivity contribution is -0.129. The van der Waals surface area contributed by atoms with Gasteiger partial charge in [0.15, 0.2) is 5.69 Å². The number of Topliss-reactive ketones (excluding diaryl/α,β-unsaturated/α-hetero) is 1. The molecule has 11 nitrogen and oxygen atoms in total. The van der Waals surface area contributed by atoms with E-state index in [2.05, 4.69) is 25.5 Å². The fraction of sp³-hybridized carbons (Fsp3) is 0.441. The Labute approximate surface area is 261 Å². The van der Waals surface area contributed by atoms with E-state index in [9.17, 15) is 14.4 Å². The van der Waals surface area contributed by atoms with E-state index in [0.29, 0.717) is 68.0 Å². The van der Waals surface area contributed by atoms with E-state index < -0.39 is 17.6 Å². The van der Waals surface area contributed by atoms with Crippen LogP contribution in [0, 0.1) is 5.92 Å². The van der Waals surface area contributed by atoms with Crippen molar-refractivity contribution >= 4 is 28.6 Å². The van der Waals surface area contributed by atoms with Crippen molar-refractivity contribution in [2.24, 2.45) is 5.92 Å². The molecule has 234 valence electrons. The summed E-state index contributed by atoms with van der Waals surface area (Å²) in [6.45, 7) is 1.88. The minimum Gasteiger partial charge on any atom is -0.480 e. The Hall–Kier alpha value is -4.67. The van der Waals surface area contributed by atoms with Gasteiger partial charge in [-0.3, -0.25) is 9.59 Å². The summed E-state index contributed by atoms with van der Waals surface area (Å²) in [6.07, 6.45) is 7.89. The second kappa shape index (κ2) is 13.1. The molecule has 2 aliphatic rings. The van der Waals surface area contributed by atoms with Gasteiger partial charge in [0.2, 0.25) is 17.7 Å². The molecule has 1 N–H and O–H groups in total. The van der Waals surface area contributed by atoms with Gasteiger partial charge in [-0.25, -0.2) is 14.8 Å². The molecule has 3 aromatic heterocycles. The van der Waals surface area contributed by atoms with Crippen LogP contribution in [0.1, 0.15) is 99.1 Å². The molecule has 1 saturated carbocycles. The van der Waals surface area contributed by atoms with Crippen molar-refractivity contribution in [2.75, 3.05) is 7.11 Å². The van der Waals surface area contributed by atoms with Gasteiger partial charge in [-0.05, 0) is 56.7 Å². The van der Waals surface area contributed by atoms with E-state index in [-0.39, 0.29) is 23.5 Å². The molecule has 1 aliphatic heterocycles. The number of hydrogen-bond acceptors (Lipinski definition) is 10. The van der Waals surface area contributed by atoms with Gasteiger partial charge in [0.05, 0.1) is 12.6 Å². The zero-order chi connectivity index (χ0) is 31.4. The van der Waals surface area contributed by atoms with Crippen LogP contribution < -0.4 is 10.1 Å². The first-order valence-corrected chi connectivity index (χ1v) is 15.7. The van der Waals surface area contributed by atoms with Gasteiger partial charge in [0.25, 0.3) is 5.89 Å². The summed E-state index contributed by atoms with van der Waals surface area (Å²) >= 11 is 0. The van der Waals surface area contributed by atoms with Crippen LogP contribution in [-0.2, 0) is 19.9 Å². The highest BCUT2D eigenvalue weighted by molar-refractivity contribution is 5.92. The summed E-state index contributed by atoms with van der Waals surface area (Å²) in [5.41, 5.74) is 1.81. The number of para-hydroxylation sites is 1. The zero-order valence-electron chi connectivity index (χ0n) is 25.6. The lowest BCUT2D eigenvalue weighted by atomic mass is 9.75. The maximum atomic E-state index is 13.6. The number of ether oxygens (including phenoxy) is 2. The van der Waals surface area contributed by atoms with Gasteiger partial charge >= 0.3 is 5.97 Å². The SMILES string of the molecule is CCC(=O)CCCCC[C@H](NC(=O)C1CCC2(CC1)OC(=O)c1ncccc12)c1nnc(-c2cc3ccccc3nc2OC)o1. The first-order chi connectivity index (χ1) is 21.9. The quantitative estimate of drug-likeness (QED) is 0.149. The molecule has 0 radical (unpaired) electrons. The second-order valence-corrected chi connectivity index (χ2v) is 11.8. The Kier molecular flexibility index (Phi) is 8.86. The smallest absolute Gasteiger partial charge is 0.358 e. The number of fused-ring (bicyclic) bond motifs is 3. The third-order valence-corrected chi connectivity index (χ3v) is 8.95. The van der Waals surface area contributed by atoms with Crippen molar-refractivity contribution < 1.29 is 28.3 Å². The number of methoxy groups -OCH3 is 1. The molecule has 1 atom stereocenters. The number of carbonyl (C=O) groups excluding carboxylic acids is 3. The molecular formula is C34H37N5O6. The van der Waals surface area contributed by atoms with Gasteiger partial charge < -0.3 is 19.2 Å². The molecule has 1 aromatic carbocycles. The van der Waals surface area contributed by atoms with Crippen molar-refractivity contribution in [3.05, 3.63) is 65.8 Å². The first kappa shape index (κ1) is 30.4. The highest BCUT2D eigenvalue weighted by Crippen LogP contribution is 2.47. The van der Waals surface area contributed by atoms with Crippen LogP contribution in [0.15, 0.2) is 53.1 Å². The molecule has 4 heterocycles.